The SMILES string of the molecule is CC(C)C(NC(=O)c1ccco1)C(=O)N1CCC(CN)CC1.Cl. The Hall–Kier alpha value is -1.53. The molecule has 0 aromatic carbocycles. The van der Waals surface area contributed by atoms with Gasteiger partial charge in [0, 0.05) is 13.1 Å². The van der Waals surface area contributed by atoms with E-state index in [2.05, 4.69) is 5.32 Å². The molecule has 1 aliphatic rings. The standard InChI is InChI=1S/C16H25N3O3.ClH/c1-11(2)14(18-15(20)13-4-3-9-22-13)16(21)19-7-5-12(10-17)6-8-19;/h3-4,9,11-12,14H,5-8,10,17H2,1-2H3,(H,18,20);1H. The number of nitrogens with two attached hydrogens (primary N) is 1. The third-order valence-electron chi connectivity index (χ3n) is 4.22. The largest absolute Gasteiger partial charge is 0.459 e. The smallest absolute Gasteiger partial charge is 0.287 e. The monoisotopic (exact) mass is 343 g/mol. The van der Waals surface area contributed by atoms with Crippen molar-refractivity contribution in [3.05, 3.63) is 24.2 Å². The number of rotatable bonds is 5. The molecule has 1 saturated heterocycles. The lowest BCUT2D eigenvalue weighted by molar-refractivity contribution is -0.135. The fourth-order valence-electron chi connectivity index (χ4n) is 2.72. The van der Waals surface area contributed by atoms with Gasteiger partial charge in [-0.3, -0.25) is 9.59 Å². The number of halogens is 1. The van der Waals surface area contributed by atoms with E-state index in [9.17, 15) is 9.59 Å². The van der Waals surface area contributed by atoms with E-state index in [1.54, 1.807) is 12.1 Å². The summed E-state index contributed by atoms with van der Waals surface area (Å²) in [6.45, 7) is 5.95. The molecular weight excluding hydrogens is 318 g/mol. The molecule has 0 spiro atoms. The van der Waals surface area contributed by atoms with Crippen molar-refractivity contribution in [2.24, 2.45) is 17.6 Å². The summed E-state index contributed by atoms with van der Waals surface area (Å²) in [4.78, 5) is 26.6. The summed E-state index contributed by atoms with van der Waals surface area (Å²) in [7, 11) is 0. The van der Waals surface area contributed by atoms with Crippen molar-refractivity contribution in [3.8, 4) is 0 Å². The van der Waals surface area contributed by atoms with Crippen molar-refractivity contribution in [3.63, 3.8) is 0 Å². The van der Waals surface area contributed by atoms with Crippen LogP contribution in [0.1, 0.15) is 37.2 Å². The zero-order valence-corrected chi connectivity index (χ0v) is 14.5. The van der Waals surface area contributed by atoms with E-state index < -0.39 is 6.04 Å². The molecule has 1 aromatic heterocycles. The number of piperidine rings is 1. The van der Waals surface area contributed by atoms with E-state index in [0.717, 1.165) is 12.8 Å². The first kappa shape index (κ1) is 19.5. The van der Waals surface area contributed by atoms with Crippen molar-refractivity contribution < 1.29 is 14.0 Å². The van der Waals surface area contributed by atoms with Crippen molar-refractivity contribution in [1.29, 1.82) is 0 Å². The number of nitrogens with one attached hydrogen (secondary N) is 1. The van der Waals surface area contributed by atoms with Gasteiger partial charge in [-0.1, -0.05) is 13.8 Å². The van der Waals surface area contributed by atoms with Crippen LogP contribution in [0.25, 0.3) is 0 Å². The number of carbonyl (C=O) groups is 2. The average Bonchev–Trinajstić information content (AvgIpc) is 3.06. The van der Waals surface area contributed by atoms with Crippen LogP contribution >= 0.6 is 12.4 Å². The highest BCUT2D eigenvalue weighted by atomic mass is 35.5. The maximum absolute atomic E-state index is 12.7. The van der Waals surface area contributed by atoms with Crippen LogP contribution in [-0.2, 0) is 4.79 Å². The summed E-state index contributed by atoms with van der Waals surface area (Å²) < 4.78 is 5.08. The lowest BCUT2D eigenvalue weighted by Gasteiger charge is -2.35. The minimum Gasteiger partial charge on any atom is -0.459 e. The number of furan rings is 1. The highest BCUT2D eigenvalue weighted by molar-refractivity contribution is 5.95. The molecule has 2 rings (SSSR count). The Morgan fingerprint density at radius 1 is 1.39 bits per heavy atom. The molecule has 3 N–H and O–H groups in total. The molecule has 0 bridgehead atoms. The Balaban J connectivity index is 0.00000264. The third kappa shape index (κ3) is 4.97. The predicted molar refractivity (Wildman–Crippen MR) is 90.4 cm³/mol. The number of amides is 2. The molecule has 1 fully saturated rings. The van der Waals surface area contributed by atoms with Crippen molar-refractivity contribution in [2.45, 2.75) is 32.7 Å². The van der Waals surface area contributed by atoms with Crippen LogP contribution in [0.5, 0.6) is 0 Å². The van der Waals surface area contributed by atoms with Crippen LogP contribution in [0, 0.1) is 11.8 Å². The summed E-state index contributed by atoms with van der Waals surface area (Å²) >= 11 is 0. The lowest BCUT2D eigenvalue weighted by Crippen LogP contribution is -2.53. The van der Waals surface area contributed by atoms with Gasteiger partial charge in [-0.05, 0) is 43.4 Å². The van der Waals surface area contributed by atoms with E-state index in [4.69, 9.17) is 10.2 Å². The van der Waals surface area contributed by atoms with Gasteiger partial charge in [0.05, 0.1) is 6.26 Å². The van der Waals surface area contributed by atoms with Gasteiger partial charge in [-0.2, -0.15) is 0 Å². The first-order chi connectivity index (χ1) is 10.5. The van der Waals surface area contributed by atoms with E-state index >= 15 is 0 Å². The molecule has 0 aliphatic carbocycles. The van der Waals surface area contributed by atoms with Gasteiger partial charge in [0.15, 0.2) is 5.76 Å². The van der Waals surface area contributed by atoms with Gasteiger partial charge < -0.3 is 20.4 Å². The first-order valence-corrected chi connectivity index (χ1v) is 7.86. The molecular formula is C16H26ClN3O3. The summed E-state index contributed by atoms with van der Waals surface area (Å²) in [6, 6.07) is 2.70. The van der Waals surface area contributed by atoms with Crippen LogP contribution in [0.15, 0.2) is 22.8 Å². The second-order valence-corrected chi connectivity index (χ2v) is 6.18. The fourth-order valence-corrected chi connectivity index (χ4v) is 2.72. The number of hydrogen-bond acceptors (Lipinski definition) is 4. The average molecular weight is 344 g/mol. The Labute approximate surface area is 143 Å². The number of carbonyl (C=O) groups excluding carboxylic acids is 2. The van der Waals surface area contributed by atoms with Crippen LogP contribution < -0.4 is 11.1 Å². The summed E-state index contributed by atoms with van der Waals surface area (Å²) in [5.74, 6) is 0.359. The van der Waals surface area contributed by atoms with Gasteiger partial charge in [0.1, 0.15) is 6.04 Å². The molecule has 1 atom stereocenters. The Kier molecular flexibility index (Phi) is 7.58. The molecule has 1 aliphatic heterocycles. The molecule has 0 saturated carbocycles. The van der Waals surface area contributed by atoms with Crippen molar-refractivity contribution in [2.75, 3.05) is 19.6 Å². The maximum atomic E-state index is 12.7. The zero-order valence-electron chi connectivity index (χ0n) is 13.7. The van der Waals surface area contributed by atoms with E-state index in [1.807, 2.05) is 18.7 Å². The Morgan fingerprint density at radius 2 is 2.04 bits per heavy atom. The topological polar surface area (TPSA) is 88.6 Å². The van der Waals surface area contributed by atoms with E-state index in [1.165, 1.54) is 6.26 Å². The minimum atomic E-state index is -0.535. The first-order valence-electron chi connectivity index (χ1n) is 7.86. The molecule has 1 unspecified atom stereocenters. The van der Waals surface area contributed by atoms with Gasteiger partial charge >= 0.3 is 0 Å². The van der Waals surface area contributed by atoms with Gasteiger partial charge in [-0.25, -0.2) is 0 Å². The molecule has 7 heteroatoms. The lowest BCUT2D eigenvalue weighted by atomic mass is 9.95. The number of nitrogens with zero attached hydrogens (tertiary/aromatic N) is 1. The second kappa shape index (κ2) is 8.93. The Morgan fingerprint density at radius 3 is 2.52 bits per heavy atom. The van der Waals surface area contributed by atoms with Crippen LogP contribution in [0.4, 0.5) is 0 Å². The quantitative estimate of drug-likeness (QED) is 0.850. The number of likely N-dealkylation sites (tertiary alicyclic amines) is 1. The summed E-state index contributed by atoms with van der Waals surface area (Å²) in [5.41, 5.74) is 5.68. The molecule has 2 amide bonds. The normalized spacial score (nSPS) is 16.8. The van der Waals surface area contributed by atoms with Gasteiger partial charge in [0.2, 0.25) is 5.91 Å². The molecule has 2 heterocycles. The van der Waals surface area contributed by atoms with Crippen LogP contribution in [0.3, 0.4) is 0 Å². The van der Waals surface area contributed by atoms with Crippen molar-refractivity contribution in [1.82, 2.24) is 10.2 Å². The number of hydrogen-bond donors (Lipinski definition) is 2. The summed E-state index contributed by atoms with van der Waals surface area (Å²) in [6.07, 6.45) is 3.30. The second-order valence-electron chi connectivity index (χ2n) is 6.18. The fraction of sp³-hybridized carbons (Fsp3) is 0.625. The van der Waals surface area contributed by atoms with Crippen LogP contribution in [-0.4, -0.2) is 42.4 Å². The molecule has 1 aromatic rings. The van der Waals surface area contributed by atoms with Gasteiger partial charge in [0.25, 0.3) is 5.91 Å². The molecule has 23 heavy (non-hydrogen) atoms. The summed E-state index contributed by atoms with van der Waals surface area (Å²) in [5, 5.41) is 2.79. The predicted octanol–water partition coefficient (Wildman–Crippen LogP) is 1.65. The molecule has 6 nitrogen and oxygen atoms in total. The van der Waals surface area contributed by atoms with Crippen molar-refractivity contribution >= 4 is 24.2 Å². The zero-order chi connectivity index (χ0) is 16.1. The minimum absolute atomic E-state index is 0. The Bertz CT molecular complexity index is 497. The maximum Gasteiger partial charge on any atom is 0.287 e. The third-order valence-corrected chi connectivity index (χ3v) is 4.22. The molecule has 130 valence electrons. The van der Waals surface area contributed by atoms with E-state index in [0.29, 0.717) is 25.6 Å². The van der Waals surface area contributed by atoms with Gasteiger partial charge in [-0.15, -0.1) is 12.4 Å². The van der Waals surface area contributed by atoms with E-state index in [-0.39, 0.29) is 35.9 Å². The van der Waals surface area contributed by atoms with Crippen LogP contribution in [0.2, 0.25) is 0 Å². The molecule has 0 radical (unpaired) electrons. The highest BCUT2D eigenvalue weighted by Gasteiger charge is 2.31. The highest BCUT2D eigenvalue weighted by Crippen LogP contribution is 2.18.